The highest BCUT2D eigenvalue weighted by atomic mass is 32.2. The van der Waals surface area contributed by atoms with Gasteiger partial charge >= 0.3 is 12.0 Å². The minimum absolute atomic E-state index is 0.148. The van der Waals surface area contributed by atoms with Gasteiger partial charge in [-0.2, -0.15) is 0 Å². The third kappa shape index (κ3) is 10.6. The number of hydrogen-bond acceptors (Lipinski definition) is 4. The lowest BCUT2D eigenvalue weighted by Gasteiger charge is -2.16. The van der Waals surface area contributed by atoms with Crippen molar-refractivity contribution in [2.75, 3.05) is 19.3 Å². The number of carbonyl (C=O) groups excluding carboxylic acids is 1. The molecular weight excluding hydrogens is 286 g/mol. The first kappa shape index (κ1) is 18.7. The quantitative estimate of drug-likeness (QED) is 0.436. The van der Waals surface area contributed by atoms with Crippen molar-refractivity contribution < 1.29 is 23.1 Å². The predicted molar refractivity (Wildman–Crippen MR) is 74.9 cm³/mol. The summed E-state index contributed by atoms with van der Waals surface area (Å²) in [5.74, 6) is -0.928. The molecule has 9 heteroatoms. The Morgan fingerprint density at radius 3 is 2.25 bits per heavy atom. The Morgan fingerprint density at radius 1 is 1.20 bits per heavy atom. The molecular formula is C11H23N3O5S. The second kappa shape index (κ2) is 8.75. The maximum absolute atomic E-state index is 11.5. The summed E-state index contributed by atoms with van der Waals surface area (Å²) < 4.78 is 23.8. The maximum Gasteiger partial charge on any atom is 0.326 e. The third-order valence-corrected chi connectivity index (χ3v) is 3.04. The highest BCUT2D eigenvalue weighted by molar-refractivity contribution is 7.88. The van der Waals surface area contributed by atoms with Gasteiger partial charge in [0.1, 0.15) is 6.04 Å². The Bertz CT molecular complexity index is 422. The SMILES string of the molecule is CC(C)C[C@@H](NC(=O)NCCCNS(C)(=O)=O)C(=O)O. The number of carboxylic acid groups (broad SMARTS) is 1. The number of amides is 2. The average Bonchev–Trinajstić information content (AvgIpc) is 2.25. The van der Waals surface area contributed by atoms with Gasteiger partial charge < -0.3 is 15.7 Å². The summed E-state index contributed by atoms with van der Waals surface area (Å²) >= 11 is 0. The molecule has 1 atom stereocenters. The molecule has 2 amide bonds. The zero-order valence-electron chi connectivity index (χ0n) is 12.0. The van der Waals surface area contributed by atoms with E-state index in [1.807, 2.05) is 13.8 Å². The van der Waals surface area contributed by atoms with Gasteiger partial charge in [-0.15, -0.1) is 0 Å². The fraction of sp³-hybridized carbons (Fsp3) is 0.818. The van der Waals surface area contributed by atoms with E-state index in [1.54, 1.807) is 0 Å². The van der Waals surface area contributed by atoms with Crippen LogP contribution in [-0.2, 0) is 14.8 Å². The summed E-state index contributed by atoms with van der Waals surface area (Å²) in [5, 5.41) is 13.8. The Labute approximate surface area is 119 Å². The predicted octanol–water partition coefficient (Wildman–Crippen LogP) is -0.276. The van der Waals surface area contributed by atoms with Gasteiger partial charge in [-0.05, 0) is 18.8 Å². The molecule has 0 heterocycles. The zero-order chi connectivity index (χ0) is 15.8. The van der Waals surface area contributed by atoms with E-state index in [9.17, 15) is 18.0 Å². The number of sulfonamides is 1. The molecule has 0 bridgehead atoms. The Morgan fingerprint density at radius 2 is 1.80 bits per heavy atom. The van der Waals surface area contributed by atoms with Crippen LogP contribution in [0.1, 0.15) is 26.7 Å². The number of carbonyl (C=O) groups is 2. The Balaban J connectivity index is 3.94. The second-order valence-corrected chi connectivity index (χ2v) is 6.77. The van der Waals surface area contributed by atoms with E-state index in [1.165, 1.54) is 0 Å². The number of rotatable bonds is 9. The van der Waals surface area contributed by atoms with Gasteiger partial charge in [-0.1, -0.05) is 13.8 Å². The highest BCUT2D eigenvalue weighted by Crippen LogP contribution is 2.04. The minimum Gasteiger partial charge on any atom is -0.480 e. The molecule has 0 aromatic heterocycles. The number of carboxylic acids is 1. The largest absolute Gasteiger partial charge is 0.480 e. The molecule has 8 nitrogen and oxygen atoms in total. The number of hydrogen-bond donors (Lipinski definition) is 4. The van der Waals surface area contributed by atoms with Crippen LogP contribution in [0.25, 0.3) is 0 Å². The smallest absolute Gasteiger partial charge is 0.326 e. The molecule has 0 aliphatic heterocycles. The van der Waals surface area contributed by atoms with Crippen molar-refractivity contribution in [3.63, 3.8) is 0 Å². The molecule has 0 saturated heterocycles. The van der Waals surface area contributed by atoms with Crippen LogP contribution >= 0.6 is 0 Å². The third-order valence-electron chi connectivity index (χ3n) is 2.31. The van der Waals surface area contributed by atoms with Gasteiger partial charge in [0.25, 0.3) is 0 Å². The van der Waals surface area contributed by atoms with Crippen molar-refractivity contribution in [3.05, 3.63) is 0 Å². The van der Waals surface area contributed by atoms with E-state index in [-0.39, 0.29) is 19.0 Å². The van der Waals surface area contributed by atoms with Crippen LogP contribution in [0, 0.1) is 5.92 Å². The van der Waals surface area contributed by atoms with Crippen LogP contribution in [0.4, 0.5) is 4.79 Å². The second-order valence-electron chi connectivity index (χ2n) is 4.94. The van der Waals surface area contributed by atoms with Gasteiger partial charge in [-0.25, -0.2) is 22.7 Å². The molecule has 20 heavy (non-hydrogen) atoms. The van der Waals surface area contributed by atoms with E-state index in [0.717, 1.165) is 6.26 Å². The standard InChI is InChI=1S/C11H23N3O5S/c1-8(2)7-9(10(15)16)14-11(17)12-5-4-6-13-20(3,18)19/h8-9,13H,4-7H2,1-3H3,(H,15,16)(H2,12,14,17)/t9-/m1/s1. The van der Waals surface area contributed by atoms with E-state index in [4.69, 9.17) is 5.11 Å². The highest BCUT2D eigenvalue weighted by Gasteiger charge is 2.20. The van der Waals surface area contributed by atoms with Crippen LogP contribution in [0.3, 0.4) is 0 Å². The molecule has 0 aromatic rings. The summed E-state index contributed by atoms with van der Waals surface area (Å²) in [7, 11) is -3.22. The van der Waals surface area contributed by atoms with Gasteiger partial charge in [0.2, 0.25) is 10.0 Å². The summed E-state index contributed by atoms with van der Waals surface area (Å²) in [5.41, 5.74) is 0. The molecule has 4 N–H and O–H groups in total. The van der Waals surface area contributed by atoms with Gasteiger partial charge in [-0.3, -0.25) is 0 Å². The van der Waals surface area contributed by atoms with Crippen molar-refractivity contribution >= 4 is 22.0 Å². The monoisotopic (exact) mass is 309 g/mol. The fourth-order valence-corrected chi connectivity index (χ4v) is 1.97. The Hall–Kier alpha value is -1.35. The first-order valence-corrected chi connectivity index (χ1v) is 8.22. The van der Waals surface area contributed by atoms with Crippen LogP contribution in [0.5, 0.6) is 0 Å². The van der Waals surface area contributed by atoms with Gasteiger partial charge in [0.05, 0.1) is 6.26 Å². The lowest BCUT2D eigenvalue weighted by atomic mass is 10.0. The van der Waals surface area contributed by atoms with Gasteiger partial charge in [0.15, 0.2) is 0 Å². The summed E-state index contributed by atoms with van der Waals surface area (Å²) in [6.45, 7) is 4.20. The van der Waals surface area contributed by atoms with Crippen molar-refractivity contribution in [3.8, 4) is 0 Å². The van der Waals surface area contributed by atoms with Crippen molar-refractivity contribution in [2.45, 2.75) is 32.7 Å². The van der Waals surface area contributed by atoms with Crippen LogP contribution < -0.4 is 15.4 Å². The number of aliphatic carboxylic acids is 1. The molecule has 0 radical (unpaired) electrons. The zero-order valence-corrected chi connectivity index (χ0v) is 12.8. The molecule has 0 rings (SSSR count). The van der Waals surface area contributed by atoms with Crippen LogP contribution in [0.2, 0.25) is 0 Å². The number of urea groups is 1. The fourth-order valence-electron chi connectivity index (χ4n) is 1.45. The first-order valence-electron chi connectivity index (χ1n) is 6.33. The lowest BCUT2D eigenvalue weighted by Crippen LogP contribution is -2.47. The molecule has 0 aliphatic carbocycles. The Kier molecular flexibility index (Phi) is 8.16. The summed E-state index contributed by atoms with van der Waals surface area (Å²) in [4.78, 5) is 22.4. The van der Waals surface area contributed by atoms with E-state index in [0.29, 0.717) is 12.8 Å². The number of nitrogens with one attached hydrogen (secondary N) is 3. The molecule has 0 fully saturated rings. The molecule has 0 unspecified atom stereocenters. The van der Waals surface area contributed by atoms with E-state index in [2.05, 4.69) is 15.4 Å². The first-order chi connectivity index (χ1) is 9.11. The molecule has 0 saturated carbocycles. The van der Waals surface area contributed by atoms with Crippen molar-refractivity contribution in [2.24, 2.45) is 5.92 Å². The minimum atomic E-state index is -3.22. The lowest BCUT2D eigenvalue weighted by molar-refractivity contribution is -0.139. The topological polar surface area (TPSA) is 125 Å². The summed E-state index contributed by atoms with van der Waals surface area (Å²) in [6, 6.07) is -1.50. The van der Waals surface area contributed by atoms with Crippen molar-refractivity contribution in [1.29, 1.82) is 0 Å². The molecule has 0 spiro atoms. The maximum atomic E-state index is 11.5. The molecule has 0 aliphatic rings. The van der Waals surface area contributed by atoms with E-state index >= 15 is 0 Å². The molecule has 0 aromatic carbocycles. The summed E-state index contributed by atoms with van der Waals surface area (Å²) in [6.07, 6.45) is 1.82. The van der Waals surface area contributed by atoms with Crippen LogP contribution in [-0.4, -0.2) is 50.9 Å². The average molecular weight is 309 g/mol. The van der Waals surface area contributed by atoms with Crippen LogP contribution in [0.15, 0.2) is 0 Å². The molecule has 118 valence electrons. The van der Waals surface area contributed by atoms with Crippen molar-refractivity contribution in [1.82, 2.24) is 15.4 Å². The van der Waals surface area contributed by atoms with Gasteiger partial charge in [0, 0.05) is 13.1 Å². The normalized spacial score (nSPS) is 13.0. The van der Waals surface area contributed by atoms with E-state index < -0.39 is 28.1 Å².